The van der Waals surface area contributed by atoms with Gasteiger partial charge in [-0.25, -0.2) is 4.68 Å². The number of aryl methyl sites for hydroxylation is 1. The van der Waals surface area contributed by atoms with E-state index in [2.05, 4.69) is 0 Å². The summed E-state index contributed by atoms with van der Waals surface area (Å²) in [6.45, 7) is 4.26. The van der Waals surface area contributed by atoms with Gasteiger partial charge in [0.2, 0.25) is 0 Å². The van der Waals surface area contributed by atoms with Gasteiger partial charge < -0.3 is 4.74 Å². The molecule has 2 heterocycles. The molecular formula is C39H32N4O3. The average Bonchev–Trinajstić information content (AvgIpc) is 3.51. The number of carbonyl (C=O) groups is 2. The third kappa shape index (κ3) is 6.28. The fraction of sp³-hybridized carbons (Fsp3) is 0.128. The Bertz CT molecular complexity index is 2000. The van der Waals surface area contributed by atoms with Crippen molar-refractivity contribution in [3.8, 4) is 28.8 Å². The second kappa shape index (κ2) is 13.3. The van der Waals surface area contributed by atoms with Crippen LogP contribution in [0.5, 0.6) is 5.75 Å². The van der Waals surface area contributed by atoms with E-state index in [0.717, 1.165) is 33.7 Å². The smallest absolute Gasteiger partial charge is 0.271 e. The highest BCUT2D eigenvalue weighted by Crippen LogP contribution is 2.33. The van der Waals surface area contributed by atoms with Crippen molar-refractivity contribution in [2.24, 2.45) is 0 Å². The van der Waals surface area contributed by atoms with Gasteiger partial charge in [0.15, 0.2) is 0 Å². The minimum atomic E-state index is -0.569. The lowest BCUT2D eigenvalue weighted by Gasteiger charge is -2.27. The van der Waals surface area contributed by atoms with Crippen LogP contribution in [0.2, 0.25) is 0 Å². The van der Waals surface area contributed by atoms with Crippen LogP contribution in [0.15, 0.2) is 132 Å². The largest absolute Gasteiger partial charge is 0.489 e. The first-order chi connectivity index (χ1) is 22.4. The van der Waals surface area contributed by atoms with Gasteiger partial charge in [-0.3, -0.25) is 14.5 Å². The van der Waals surface area contributed by atoms with Crippen molar-refractivity contribution in [2.75, 3.05) is 6.54 Å². The van der Waals surface area contributed by atoms with Gasteiger partial charge in [0.05, 0.1) is 11.4 Å². The molecule has 0 unspecified atom stereocenters. The number of amides is 2. The number of para-hydroxylation sites is 1. The maximum absolute atomic E-state index is 13.9. The molecule has 1 aromatic heterocycles. The summed E-state index contributed by atoms with van der Waals surface area (Å²) in [5, 5.41) is 14.9. The second-order valence-corrected chi connectivity index (χ2v) is 11.1. The monoisotopic (exact) mass is 604 g/mol. The second-order valence-electron chi connectivity index (χ2n) is 11.1. The Kier molecular flexibility index (Phi) is 8.71. The Morgan fingerprint density at radius 3 is 2.13 bits per heavy atom. The molecule has 0 spiro atoms. The quantitative estimate of drug-likeness (QED) is 0.131. The number of aromatic nitrogens is 2. The first-order valence-corrected chi connectivity index (χ1v) is 15.1. The number of benzene rings is 4. The van der Waals surface area contributed by atoms with Crippen LogP contribution in [0.3, 0.4) is 0 Å². The van der Waals surface area contributed by atoms with Gasteiger partial charge in [-0.05, 0) is 78.9 Å². The summed E-state index contributed by atoms with van der Waals surface area (Å²) >= 11 is 0. The molecule has 0 saturated carbocycles. The van der Waals surface area contributed by atoms with E-state index >= 15 is 0 Å². The Hall–Kier alpha value is -6.00. The summed E-state index contributed by atoms with van der Waals surface area (Å²) in [5.74, 6) is -0.237. The van der Waals surface area contributed by atoms with E-state index in [1.165, 1.54) is 4.90 Å². The predicted octanol–water partition coefficient (Wildman–Crippen LogP) is 7.26. The number of imide groups is 1. The molecule has 7 heteroatoms. The van der Waals surface area contributed by atoms with E-state index in [9.17, 15) is 14.9 Å². The van der Waals surface area contributed by atoms with E-state index in [4.69, 9.17) is 9.84 Å². The van der Waals surface area contributed by atoms with Crippen LogP contribution in [0.1, 0.15) is 29.2 Å². The number of nitriles is 1. The number of carbonyl (C=O) groups excluding carboxylic acids is 2. The van der Waals surface area contributed by atoms with Gasteiger partial charge in [0.1, 0.15) is 24.0 Å². The molecule has 226 valence electrons. The fourth-order valence-electron chi connectivity index (χ4n) is 5.50. The Labute approximate surface area is 268 Å². The molecule has 4 aromatic carbocycles. The van der Waals surface area contributed by atoms with Gasteiger partial charge in [-0.1, -0.05) is 78.9 Å². The maximum Gasteiger partial charge on any atom is 0.271 e. The zero-order valence-corrected chi connectivity index (χ0v) is 25.7. The highest BCUT2D eigenvalue weighted by molar-refractivity contribution is 6.19. The summed E-state index contributed by atoms with van der Waals surface area (Å²) < 4.78 is 7.88. The predicted molar refractivity (Wildman–Crippen MR) is 178 cm³/mol. The van der Waals surface area contributed by atoms with Crippen molar-refractivity contribution >= 4 is 17.9 Å². The summed E-state index contributed by atoms with van der Waals surface area (Å²) in [4.78, 5) is 28.3. The van der Waals surface area contributed by atoms with Crippen molar-refractivity contribution in [3.63, 3.8) is 0 Å². The molecule has 0 atom stereocenters. The molecule has 1 aliphatic heterocycles. The van der Waals surface area contributed by atoms with Crippen LogP contribution in [0.25, 0.3) is 23.0 Å². The number of hydrogen-bond acceptors (Lipinski definition) is 5. The van der Waals surface area contributed by atoms with Gasteiger partial charge in [-0.2, -0.15) is 10.4 Å². The van der Waals surface area contributed by atoms with Crippen LogP contribution < -0.4 is 4.74 Å². The molecule has 0 N–H and O–H groups in total. The first kappa shape index (κ1) is 30.0. The van der Waals surface area contributed by atoms with E-state index < -0.39 is 11.8 Å². The third-order valence-corrected chi connectivity index (χ3v) is 8.04. The lowest BCUT2D eigenvalue weighted by molar-refractivity contribution is -0.140. The van der Waals surface area contributed by atoms with Crippen LogP contribution in [-0.2, 0) is 22.6 Å². The summed E-state index contributed by atoms with van der Waals surface area (Å²) in [6, 6.07) is 37.3. The molecule has 2 amide bonds. The highest BCUT2D eigenvalue weighted by Gasteiger charge is 2.35. The molecule has 7 nitrogen and oxygen atoms in total. The zero-order chi connectivity index (χ0) is 32.0. The Morgan fingerprint density at radius 1 is 0.826 bits per heavy atom. The Morgan fingerprint density at radius 2 is 1.48 bits per heavy atom. The number of hydrogen-bond donors (Lipinski definition) is 0. The standard InChI is InChI=1S/C39H32N4O3/c1-27-22-31(18-19-36(27)46-26-30-14-8-4-9-15-30)37-32(25-43(41-37)33-16-10-5-11-17-33)23-34-28(2)35(24-40)39(45)42(38(34)44)21-20-29-12-6-3-7-13-29/h3-19,22-23,25H,20-21,26H2,1-2H3/b34-23+. The maximum atomic E-state index is 13.9. The van der Waals surface area contributed by atoms with Crippen LogP contribution >= 0.6 is 0 Å². The lowest BCUT2D eigenvalue weighted by Crippen LogP contribution is -2.43. The van der Waals surface area contributed by atoms with E-state index in [0.29, 0.717) is 29.9 Å². The molecule has 1 aliphatic rings. The number of ether oxygens (including phenoxy) is 1. The molecule has 0 aliphatic carbocycles. The van der Waals surface area contributed by atoms with E-state index in [-0.39, 0.29) is 17.7 Å². The van der Waals surface area contributed by atoms with Gasteiger partial charge >= 0.3 is 0 Å². The van der Waals surface area contributed by atoms with Crippen LogP contribution in [0.4, 0.5) is 0 Å². The zero-order valence-electron chi connectivity index (χ0n) is 25.7. The van der Waals surface area contributed by atoms with Crippen molar-refractivity contribution in [1.82, 2.24) is 14.7 Å². The van der Waals surface area contributed by atoms with E-state index in [1.807, 2.05) is 128 Å². The minimum Gasteiger partial charge on any atom is -0.489 e. The highest BCUT2D eigenvalue weighted by atomic mass is 16.5. The van der Waals surface area contributed by atoms with Crippen molar-refractivity contribution < 1.29 is 14.3 Å². The summed E-state index contributed by atoms with van der Waals surface area (Å²) in [7, 11) is 0. The normalized spacial score (nSPS) is 14.1. The molecular weight excluding hydrogens is 572 g/mol. The van der Waals surface area contributed by atoms with Gasteiger partial charge in [0, 0.05) is 29.4 Å². The van der Waals surface area contributed by atoms with Gasteiger partial charge in [-0.15, -0.1) is 0 Å². The molecule has 0 bridgehead atoms. The fourth-order valence-corrected chi connectivity index (χ4v) is 5.50. The number of nitrogens with zero attached hydrogens (tertiary/aromatic N) is 4. The minimum absolute atomic E-state index is 0.0355. The SMILES string of the molecule is CC1=C(C#N)C(=O)N(CCc2ccccc2)C(=O)/C1=C/c1cn(-c2ccccc2)nc1-c1ccc(OCc2ccccc2)c(C)c1. The van der Waals surface area contributed by atoms with E-state index in [1.54, 1.807) is 17.7 Å². The van der Waals surface area contributed by atoms with Crippen LogP contribution in [-0.4, -0.2) is 33.0 Å². The topological polar surface area (TPSA) is 88.2 Å². The van der Waals surface area contributed by atoms with Crippen molar-refractivity contribution in [2.45, 2.75) is 26.9 Å². The summed E-state index contributed by atoms with van der Waals surface area (Å²) in [5.41, 5.74) is 6.65. The van der Waals surface area contributed by atoms with Crippen molar-refractivity contribution in [3.05, 3.63) is 154 Å². The lowest BCUT2D eigenvalue weighted by atomic mass is 9.93. The molecule has 5 aromatic rings. The Balaban J connectivity index is 1.39. The third-order valence-electron chi connectivity index (χ3n) is 8.04. The van der Waals surface area contributed by atoms with Crippen molar-refractivity contribution in [1.29, 1.82) is 5.26 Å². The number of rotatable bonds is 9. The molecule has 0 saturated heterocycles. The molecule has 0 radical (unpaired) electrons. The average molecular weight is 605 g/mol. The van der Waals surface area contributed by atoms with Crippen LogP contribution in [0, 0.1) is 18.3 Å². The summed E-state index contributed by atoms with van der Waals surface area (Å²) in [6.07, 6.45) is 4.09. The first-order valence-electron chi connectivity index (χ1n) is 15.1. The molecule has 6 rings (SSSR count). The molecule has 0 fully saturated rings. The van der Waals surface area contributed by atoms with Gasteiger partial charge in [0.25, 0.3) is 11.8 Å². The molecule has 46 heavy (non-hydrogen) atoms.